The van der Waals surface area contributed by atoms with Crippen LogP contribution in [-0.2, 0) is 6.61 Å². The number of halogens is 1. The molecule has 0 saturated heterocycles. The van der Waals surface area contributed by atoms with Crippen LogP contribution in [0.1, 0.15) is 16.7 Å². The van der Waals surface area contributed by atoms with Crippen molar-refractivity contribution in [3.05, 3.63) is 96.7 Å². The summed E-state index contributed by atoms with van der Waals surface area (Å²) in [5.41, 5.74) is 4.69. The minimum Gasteiger partial charge on any atom is -0.493 e. The van der Waals surface area contributed by atoms with Crippen molar-refractivity contribution in [2.24, 2.45) is 0 Å². The van der Waals surface area contributed by atoms with Crippen LogP contribution < -0.4 is 19.6 Å². The number of rotatable bonds is 5. The lowest BCUT2D eigenvalue weighted by Crippen LogP contribution is -2.22. The summed E-state index contributed by atoms with van der Waals surface area (Å²) in [6.07, 6.45) is 1.86. The highest BCUT2D eigenvalue weighted by atomic mass is 79.9. The van der Waals surface area contributed by atoms with Crippen LogP contribution >= 0.6 is 27.3 Å². The van der Waals surface area contributed by atoms with E-state index in [9.17, 15) is 4.79 Å². The molecule has 32 heavy (non-hydrogen) atoms. The number of ether oxygens (including phenoxy) is 2. The van der Waals surface area contributed by atoms with Crippen molar-refractivity contribution in [3.63, 3.8) is 0 Å². The molecule has 0 N–H and O–H groups in total. The number of hydrogen-bond acceptors (Lipinski definition) is 5. The number of fused-ring (bicyclic) bond motifs is 3. The van der Waals surface area contributed by atoms with Gasteiger partial charge in [0.2, 0.25) is 0 Å². The summed E-state index contributed by atoms with van der Waals surface area (Å²) in [6, 6.07) is 19.6. The summed E-state index contributed by atoms with van der Waals surface area (Å²) in [4.78, 5) is 18.3. The van der Waals surface area contributed by atoms with Gasteiger partial charge in [-0.05, 0) is 69.9 Å². The average Bonchev–Trinajstić information content (AvgIpc) is 3.30. The van der Waals surface area contributed by atoms with E-state index in [4.69, 9.17) is 9.47 Å². The van der Waals surface area contributed by atoms with Gasteiger partial charge in [0.05, 0.1) is 27.1 Å². The number of thiazole rings is 1. The Morgan fingerprint density at radius 1 is 1.12 bits per heavy atom. The van der Waals surface area contributed by atoms with Crippen molar-refractivity contribution in [3.8, 4) is 11.5 Å². The molecule has 0 aliphatic heterocycles. The minimum absolute atomic E-state index is 0.0753. The van der Waals surface area contributed by atoms with Gasteiger partial charge in [0.1, 0.15) is 6.61 Å². The number of methoxy groups -OCH3 is 1. The number of hydrogen-bond donors (Lipinski definition) is 0. The third-order valence-electron chi connectivity index (χ3n) is 5.33. The zero-order valence-electron chi connectivity index (χ0n) is 17.5. The summed E-state index contributed by atoms with van der Waals surface area (Å²) >= 11 is 4.98. The Bertz CT molecular complexity index is 1570. The Labute approximate surface area is 196 Å². The Morgan fingerprint density at radius 2 is 1.91 bits per heavy atom. The van der Waals surface area contributed by atoms with Crippen LogP contribution in [0.3, 0.4) is 0 Å². The van der Waals surface area contributed by atoms with Crippen molar-refractivity contribution < 1.29 is 9.47 Å². The Morgan fingerprint density at radius 3 is 2.72 bits per heavy atom. The van der Waals surface area contributed by atoms with Crippen molar-refractivity contribution >= 4 is 49.3 Å². The molecule has 160 valence electrons. The fourth-order valence-electron chi connectivity index (χ4n) is 3.65. The lowest BCUT2D eigenvalue weighted by Gasteiger charge is -2.14. The van der Waals surface area contributed by atoms with Crippen molar-refractivity contribution in [1.82, 2.24) is 9.38 Å². The van der Waals surface area contributed by atoms with Gasteiger partial charge in [-0.3, -0.25) is 4.79 Å². The van der Waals surface area contributed by atoms with Gasteiger partial charge in [0.25, 0.3) is 5.56 Å². The van der Waals surface area contributed by atoms with E-state index >= 15 is 0 Å². The maximum absolute atomic E-state index is 13.0. The molecule has 0 radical (unpaired) electrons. The standard InChI is InChI=1S/C25H19BrN2O3S/c1-15-7-3-4-8-17(15)14-31-23-18(26)11-16(12-21(23)30-2)13-22-24(29)28-20-10-6-5-9-19(20)27-25(28)32-22/h3-13H,14H2,1-2H3/b22-13+. The summed E-state index contributed by atoms with van der Waals surface area (Å²) in [7, 11) is 1.61. The van der Waals surface area contributed by atoms with Crippen LogP contribution in [0.25, 0.3) is 22.1 Å². The largest absolute Gasteiger partial charge is 0.493 e. The molecule has 0 atom stereocenters. The van der Waals surface area contributed by atoms with Crippen molar-refractivity contribution in [2.75, 3.05) is 7.11 Å². The van der Waals surface area contributed by atoms with Gasteiger partial charge in [0.15, 0.2) is 16.5 Å². The van der Waals surface area contributed by atoms with E-state index in [1.54, 1.807) is 11.5 Å². The second kappa shape index (κ2) is 8.41. The van der Waals surface area contributed by atoms with Crippen molar-refractivity contribution in [1.29, 1.82) is 0 Å². The van der Waals surface area contributed by atoms with Crippen LogP contribution in [0.2, 0.25) is 0 Å². The van der Waals surface area contributed by atoms with Crippen LogP contribution in [0.4, 0.5) is 0 Å². The normalized spacial score (nSPS) is 12.0. The van der Waals surface area contributed by atoms with Gasteiger partial charge < -0.3 is 9.47 Å². The smallest absolute Gasteiger partial charge is 0.274 e. The lowest BCUT2D eigenvalue weighted by molar-refractivity contribution is 0.282. The molecule has 0 saturated carbocycles. The quantitative estimate of drug-likeness (QED) is 0.332. The topological polar surface area (TPSA) is 52.8 Å². The van der Waals surface area contributed by atoms with Crippen LogP contribution in [-0.4, -0.2) is 16.5 Å². The maximum atomic E-state index is 13.0. The lowest BCUT2D eigenvalue weighted by atomic mass is 10.1. The molecule has 0 spiro atoms. The second-order valence-electron chi connectivity index (χ2n) is 7.38. The molecule has 7 heteroatoms. The molecule has 5 aromatic rings. The molecule has 0 bridgehead atoms. The monoisotopic (exact) mass is 506 g/mol. The fraction of sp³-hybridized carbons (Fsp3) is 0.120. The molecule has 2 aromatic heterocycles. The highest BCUT2D eigenvalue weighted by Gasteiger charge is 2.14. The van der Waals surface area contributed by atoms with Gasteiger partial charge in [0, 0.05) is 0 Å². The van der Waals surface area contributed by atoms with Crippen LogP contribution in [0.5, 0.6) is 11.5 Å². The number of nitrogens with zero attached hydrogens (tertiary/aromatic N) is 2. The number of para-hydroxylation sites is 2. The summed E-state index contributed by atoms with van der Waals surface area (Å²) in [6.45, 7) is 2.50. The molecule has 3 aromatic carbocycles. The minimum atomic E-state index is -0.0753. The first kappa shape index (κ1) is 20.7. The zero-order chi connectivity index (χ0) is 22.2. The Balaban J connectivity index is 1.53. The number of aromatic nitrogens is 2. The highest BCUT2D eigenvalue weighted by molar-refractivity contribution is 9.10. The highest BCUT2D eigenvalue weighted by Crippen LogP contribution is 2.37. The number of benzene rings is 3. The molecular weight excluding hydrogens is 488 g/mol. The first-order chi connectivity index (χ1) is 15.5. The first-order valence-corrected chi connectivity index (χ1v) is 11.6. The van der Waals surface area contributed by atoms with Gasteiger partial charge in [-0.2, -0.15) is 0 Å². The summed E-state index contributed by atoms with van der Waals surface area (Å²) in [5.74, 6) is 1.22. The Kier molecular flexibility index (Phi) is 5.45. The zero-order valence-corrected chi connectivity index (χ0v) is 19.9. The number of imidazole rings is 1. The first-order valence-electron chi connectivity index (χ1n) is 10.0. The summed E-state index contributed by atoms with van der Waals surface area (Å²) < 4.78 is 14.7. The predicted octanol–water partition coefficient (Wildman–Crippen LogP) is 5.12. The van der Waals surface area contributed by atoms with Gasteiger partial charge >= 0.3 is 0 Å². The van der Waals surface area contributed by atoms with E-state index in [0.717, 1.165) is 26.6 Å². The van der Waals surface area contributed by atoms with Crippen LogP contribution in [0.15, 0.2) is 69.9 Å². The van der Waals surface area contributed by atoms with E-state index in [-0.39, 0.29) is 5.56 Å². The third kappa shape index (κ3) is 3.67. The molecule has 2 heterocycles. The van der Waals surface area contributed by atoms with E-state index < -0.39 is 0 Å². The summed E-state index contributed by atoms with van der Waals surface area (Å²) in [5, 5.41) is 0. The van der Waals surface area contributed by atoms with Gasteiger partial charge in [-0.25, -0.2) is 9.38 Å². The molecule has 0 amide bonds. The van der Waals surface area contributed by atoms with Gasteiger partial charge in [-0.1, -0.05) is 47.7 Å². The maximum Gasteiger partial charge on any atom is 0.274 e. The van der Waals surface area contributed by atoms with E-state index in [0.29, 0.717) is 27.6 Å². The van der Waals surface area contributed by atoms with Crippen LogP contribution in [0, 0.1) is 6.92 Å². The fourth-order valence-corrected chi connectivity index (χ4v) is 5.21. The molecule has 5 nitrogen and oxygen atoms in total. The van der Waals surface area contributed by atoms with E-state index in [1.165, 1.54) is 16.9 Å². The molecule has 5 rings (SSSR count). The molecular formula is C25H19BrN2O3S. The predicted molar refractivity (Wildman–Crippen MR) is 132 cm³/mol. The van der Waals surface area contributed by atoms with Gasteiger partial charge in [-0.15, -0.1) is 0 Å². The van der Waals surface area contributed by atoms with Crippen molar-refractivity contribution in [2.45, 2.75) is 13.5 Å². The SMILES string of the molecule is COc1cc(/C=c2/sc3nc4ccccc4n3c2=O)cc(Br)c1OCc1ccccc1C. The molecule has 0 aliphatic rings. The third-order valence-corrected chi connectivity index (χ3v) is 6.89. The molecule has 0 aliphatic carbocycles. The van der Waals surface area contributed by atoms with E-state index in [2.05, 4.69) is 33.9 Å². The number of aryl methyl sites for hydroxylation is 1. The Hall–Kier alpha value is -3.16. The van der Waals surface area contributed by atoms with E-state index in [1.807, 2.05) is 60.7 Å². The average molecular weight is 507 g/mol. The molecule has 0 fully saturated rings. The molecule has 0 unspecified atom stereocenters. The second-order valence-corrected chi connectivity index (χ2v) is 9.25.